The molecule has 4 heteroatoms. The molecule has 1 fully saturated rings. The number of imidazole rings is 1. The van der Waals surface area contributed by atoms with E-state index in [1.165, 1.54) is 19.3 Å². The molecule has 102 valence electrons. The van der Waals surface area contributed by atoms with Gasteiger partial charge in [0.2, 0.25) is 5.95 Å². The summed E-state index contributed by atoms with van der Waals surface area (Å²) in [6.45, 7) is 9.24. The van der Waals surface area contributed by atoms with Crippen molar-refractivity contribution in [2.24, 2.45) is 5.92 Å². The van der Waals surface area contributed by atoms with Crippen molar-refractivity contribution in [2.75, 3.05) is 18.5 Å². The van der Waals surface area contributed by atoms with E-state index in [4.69, 9.17) is 4.74 Å². The molecular formula is C14H25N3O. The highest BCUT2D eigenvalue weighted by molar-refractivity contribution is 5.28. The Bertz CT molecular complexity index is 367. The van der Waals surface area contributed by atoms with Crippen molar-refractivity contribution in [1.29, 1.82) is 0 Å². The monoisotopic (exact) mass is 251 g/mol. The molecule has 1 aliphatic rings. The normalized spacial score (nSPS) is 20.3. The number of nitrogens with zero attached hydrogens (tertiary/aromatic N) is 2. The van der Waals surface area contributed by atoms with Gasteiger partial charge in [-0.05, 0) is 32.1 Å². The third-order valence-electron chi connectivity index (χ3n) is 3.24. The zero-order valence-electron chi connectivity index (χ0n) is 11.8. The molecule has 1 saturated heterocycles. The van der Waals surface area contributed by atoms with Crippen molar-refractivity contribution in [3.8, 4) is 0 Å². The first-order chi connectivity index (χ1) is 8.65. The summed E-state index contributed by atoms with van der Waals surface area (Å²) in [4.78, 5) is 4.54. The van der Waals surface area contributed by atoms with Crippen molar-refractivity contribution in [2.45, 2.75) is 52.7 Å². The number of rotatable bonds is 5. The van der Waals surface area contributed by atoms with Gasteiger partial charge in [0.25, 0.3) is 0 Å². The van der Waals surface area contributed by atoms with Gasteiger partial charge in [-0.3, -0.25) is 0 Å². The van der Waals surface area contributed by atoms with Gasteiger partial charge in [0, 0.05) is 19.3 Å². The Morgan fingerprint density at radius 1 is 1.50 bits per heavy atom. The molecular weight excluding hydrogens is 226 g/mol. The number of aryl methyl sites for hydroxylation is 1. The Kier molecular flexibility index (Phi) is 4.64. The largest absolute Gasteiger partial charge is 0.376 e. The third kappa shape index (κ3) is 3.73. The minimum absolute atomic E-state index is 0.354. The predicted octanol–water partition coefficient (Wildman–Crippen LogP) is 2.83. The maximum absolute atomic E-state index is 5.80. The summed E-state index contributed by atoms with van der Waals surface area (Å²) in [6, 6.07) is 0. The molecule has 4 nitrogen and oxygen atoms in total. The highest BCUT2D eigenvalue weighted by Gasteiger charge is 2.16. The van der Waals surface area contributed by atoms with Crippen LogP contribution in [-0.2, 0) is 11.3 Å². The van der Waals surface area contributed by atoms with Crippen LogP contribution in [0.5, 0.6) is 0 Å². The first-order valence-corrected chi connectivity index (χ1v) is 7.04. The van der Waals surface area contributed by atoms with Crippen LogP contribution in [0.25, 0.3) is 0 Å². The van der Waals surface area contributed by atoms with E-state index in [0.29, 0.717) is 12.0 Å². The fourth-order valence-electron chi connectivity index (χ4n) is 2.29. The Labute approximate surface area is 110 Å². The molecule has 2 rings (SSSR count). The molecule has 0 aliphatic carbocycles. The van der Waals surface area contributed by atoms with Crippen LogP contribution in [0.1, 0.15) is 38.8 Å². The molecule has 0 bridgehead atoms. The Balaban J connectivity index is 1.97. The SMILES string of the molecule is Cc1cn(CC2CCCCO2)c(NCC(C)C)n1. The summed E-state index contributed by atoms with van der Waals surface area (Å²) < 4.78 is 8.00. The van der Waals surface area contributed by atoms with Crippen molar-refractivity contribution >= 4 is 5.95 Å². The van der Waals surface area contributed by atoms with Crippen molar-refractivity contribution in [3.05, 3.63) is 11.9 Å². The van der Waals surface area contributed by atoms with Crippen LogP contribution in [0.15, 0.2) is 6.20 Å². The number of ether oxygens (including phenoxy) is 1. The number of hydrogen-bond acceptors (Lipinski definition) is 3. The average molecular weight is 251 g/mol. The minimum Gasteiger partial charge on any atom is -0.376 e. The standard InChI is InChI=1S/C14H25N3O/c1-11(2)8-15-14-16-12(3)9-17(14)10-13-6-4-5-7-18-13/h9,11,13H,4-8,10H2,1-3H3,(H,15,16). The van der Waals surface area contributed by atoms with Crippen LogP contribution < -0.4 is 5.32 Å². The van der Waals surface area contributed by atoms with Gasteiger partial charge in [-0.15, -0.1) is 0 Å². The van der Waals surface area contributed by atoms with E-state index in [2.05, 4.69) is 34.9 Å². The molecule has 2 heterocycles. The van der Waals surface area contributed by atoms with Crippen LogP contribution >= 0.6 is 0 Å². The lowest BCUT2D eigenvalue weighted by atomic mass is 10.1. The number of hydrogen-bond donors (Lipinski definition) is 1. The average Bonchev–Trinajstić information content (AvgIpc) is 2.68. The lowest BCUT2D eigenvalue weighted by Crippen LogP contribution is -2.25. The number of aromatic nitrogens is 2. The van der Waals surface area contributed by atoms with Crippen LogP contribution in [0.4, 0.5) is 5.95 Å². The fraction of sp³-hybridized carbons (Fsp3) is 0.786. The van der Waals surface area contributed by atoms with E-state index in [1.54, 1.807) is 0 Å². The van der Waals surface area contributed by atoms with Gasteiger partial charge in [-0.25, -0.2) is 4.98 Å². The Morgan fingerprint density at radius 2 is 2.33 bits per heavy atom. The summed E-state index contributed by atoms with van der Waals surface area (Å²) in [6.07, 6.45) is 6.12. The molecule has 1 aliphatic heterocycles. The van der Waals surface area contributed by atoms with E-state index in [1.807, 2.05) is 6.92 Å². The summed E-state index contributed by atoms with van der Waals surface area (Å²) in [5.41, 5.74) is 1.07. The quantitative estimate of drug-likeness (QED) is 0.874. The van der Waals surface area contributed by atoms with Gasteiger partial charge >= 0.3 is 0 Å². The molecule has 18 heavy (non-hydrogen) atoms. The molecule has 0 amide bonds. The van der Waals surface area contributed by atoms with E-state index in [9.17, 15) is 0 Å². The third-order valence-corrected chi connectivity index (χ3v) is 3.24. The van der Waals surface area contributed by atoms with E-state index >= 15 is 0 Å². The second-order valence-electron chi connectivity index (χ2n) is 5.62. The second kappa shape index (κ2) is 6.23. The lowest BCUT2D eigenvalue weighted by Gasteiger charge is -2.23. The molecule has 1 atom stereocenters. The summed E-state index contributed by atoms with van der Waals surface area (Å²) in [5, 5.41) is 3.42. The topological polar surface area (TPSA) is 39.1 Å². The van der Waals surface area contributed by atoms with Crippen molar-refractivity contribution < 1.29 is 4.74 Å². The molecule has 1 N–H and O–H groups in total. The van der Waals surface area contributed by atoms with Crippen LogP contribution in [0, 0.1) is 12.8 Å². The summed E-state index contributed by atoms with van der Waals surface area (Å²) in [7, 11) is 0. The smallest absolute Gasteiger partial charge is 0.203 e. The Morgan fingerprint density at radius 3 is 3.00 bits per heavy atom. The van der Waals surface area contributed by atoms with Gasteiger partial charge < -0.3 is 14.6 Å². The number of anilines is 1. The molecule has 1 unspecified atom stereocenters. The van der Waals surface area contributed by atoms with Gasteiger partial charge in [0.15, 0.2) is 0 Å². The first-order valence-electron chi connectivity index (χ1n) is 7.04. The summed E-state index contributed by atoms with van der Waals surface area (Å²) >= 11 is 0. The van der Waals surface area contributed by atoms with Crippen LogP contribution in [0.3, 0.4) is 0 Å². The first kappa shape index (κ1) is 13.4. The Hall–Kier alpha value is -1.03. The molecule has 0 saturated carbocycles. The van der Waals surface area contributed by atoms with Gasteiger partial charge in [0.1, 0.15) is 0 Å². The molecule has 1 aromatic heterocycles. The van der Waals surface area contributed by atoms with Gasteiger partial charge in [-0.2, -0.15) is 0 Å². The fourth-order valence-corrected chi connectivity index (χ4v) is 2.29. The molecule has 1 aromatic rings. The molecule has 0 radical (unpaired) electrons. The maximum Gasteiger partial charge on any atom is 0.203 e. The van der Waals surface area contributed by atoms with Crippen molar-refractivity contribution in [3.63, 3.8) is 0 Å². The van der Waals surface area contributed by atoms with E-state index in [-0.39, 0.29) is 0 Å². The molecule has 0 spiro atoms. The minimum atomic E-state index is 0.354. The zero-order chi connectivity index (χ0) is 13.0. The second-order valence-corrected chi connectivity index (χ2v) is 5.62. The lowest BCUT2D eigenvalue weighted by molar-refractivity contribution is 0.00628. The highest BCUT2D eigenvalue weighted by atomic mass is 16.5. The van der Waals surface area contributed by atoms with Crippen LogP contribution in [0.2, 0.25) is 0 Å². The van der Waals surface area contributed by atoms with Gasteiger partial charge in [-0.1, -0.05) is 13.8 Å². The zero-order valence-corrected chi connectivity index (χ0v) is 11.8. The summed E-state index contributed by atoms with van der Waals surface area (Å²) in [5.74, 6) is 1.61. The highest BCUT2D eigenvalue weighted by Crippen LogP contribution is 2.17. The van der Waals surface area contributed by atoms with E-state index < -0.39 is 0 Å². The maximum atomic E-state index is 5.80. The van der Waals surface area contributed by atoms with Crippen LogP contribution in [-0.4, -0.2) is 28.8 Å². The molecule has 0 aromatic carbocycles. The number of nitrogens with one attached hydrogen (secondary N) is 1. The van der Waals surface area contributed by atoms with Gasteiger partial charge in [0.05, 0.1) is 18.3 Å². The predicted molar refractivity (Wildman–Crippen MR) is 73.9 cm³/mol. The van der Waals surface area contributed by atoms with Crippen molar-refractivity contribution in [1.82, 2.24) is 9.55 Å². The van der Waals surface area contributed by atoms with E-state index in [0.717, 1.165) is 31.3 Å².